The molecule has 0 heterocycles. The van der Waals surface area contributed by atoms with E-state index < -0.39 is 0 Å². The summed E-state index contributed by atoms with van der Waals surface area (Å²) in [6.45, 7) is 0.578. The van der Waals surface area contributed by atoms with Gasteiger partial charge in [-0.1, -0.05) is 42.5 Å². The molecule has 0 amide bonds. The largest absolute Gasteiger partial charge is 0.493 e. The van der Waals surface area contributed by atoms with Gasteiger partial charge in [-0.2, -0.15) is 0 Å². The van der Waals surface area contributed by atoms with Crippen molar-refractivity contribution in [2.75, 3.05) is 13.7 Å². The molecule has 0 saturated carbocycles. The summed E-state index contributed by atoms with van der Waals surface area (Å²) in [5, 5.41) is 9.10. The number of hydrogen-bond donors (Lipinski definition) is 1. The molecule has 0 unspecified atom stereocenters. The highest BCUT2D eigenvalue weighted by Crippen LogP contribution is 2.32. The van der Waals surface area contributed by atoms with Gasteiger partial charge in [-0.25, -0.2) is 0 Å². The molecule has 3 nitrogen and oxygen atoms in total. The monoisotopic (exact) mass is 258 g/mol. The maximum Gasteiger partial charge on any atom is 0.164 e. The van der Waals surface area contributed by atoms with E-state index >= 15 is 0 Å². The number of benzene rings is 2. The first kappa shape index (κ1) is 13.4. The van der Waals surface area contributed by atoms with Crippen LogP contribution in [0.1, 0.15) is 11.1 Å². The van der Waals surface area contributed by atoms with Crippen LogP contribution in [0.2, 0.25) is 0 Å². The Morgan fingerprint density at radius 3 is 2.47 bits per heavy atom. The van der Waals surface area contributed by atoms with Crippen LogP contribution in [0.5, 0.6) is 11.5 Å². The summed E-state index contributed by atoms with van der Waals surface area (Å²) in [4.78, 5) is 0. The van der Waals surface area contributed by atoms with Gasteiger partial charge >= 0.3 is 0 Å². The van der Waals surface area contributed by atoms with Crippen LogP contribution >= 0.6 is 0 Å². The topological polar surface area (TPSA) is 38.7 Å². The van der Waals surface area contributed by atoms with Gasteiger partial charge in [0.1, 0.15) is 6.61 Å². The van der Waals surface area contributed by atoms with Gasteiger partial charge in [-0.15, -0.1) is 0 Å². The first-order valence-corrected chi connectivity index (χ1v) is 6.28. The van der Waals surface area contributed by atoms with Crippen molar-refractivity contribution in [3.05, 3.63) is 59.7 Å². The summed E-state index contributed by atoms with van der Waals surface area (Å²) >= 11 is 0. The highest BCUT2D eigenvalue weighted by Gasteiger charge is 2.10. The number of para-hydroxylation sites is 1. The molecule has 2 aromatic carbocycles. The first-order valence-electron chi connectivity index (χ1n) is 6.28. The van der Waals surface area contributed by atoms with E-state index in [4.69, 9.17) is 14.6 Å². The van der Waals surface area contributed by atoms with Crippen molar-refractivity contribution in [1.29, 1.82) is 0 Å². The molecule has 0 spiro atoms. The van der Waals surface area contributed by atoms with Gasteiger partial charge in [0.05, 0.1) is 7.11 Å². The number of aliphatic hydroxyl groups is 1. The van der Waals surface area contributed by atoms with Crippen LogP contribution in [0.25, 0.3) is 0 Å². The molecule has 2 rings (SSSR count). The molecule has 19 heavy (non-hydrogen) atoms. The second kappa shape index (κ2) is 6.81. The van der Waals surface area contributed by atoms with E-state index in [0.717, 1.165) is 11.1 Å². The van der Waals surface area contributed by atoms with Crippen LogP contribution < -0.4 is 9.47 Å². The predicted octanol–water partition coefficient (Wildman–Crippen LogP) is 2.81. The molecular formula is C16H18O3. The van der Waals surface area contributed by atoms with Gasteiger partial charge in [0.2, 0.25) is 0 Å². The van der Waals surface area contributed by atoms with Gasteiger partial charge in [0, 0.05) is 12.2 Å². The third-order valence-corrected chi connectivity index (χ3v) is 2.89. The molecule has 3 heteroatoms. The Labute approximate surface area is 113 Å². The third kappa shape index (κ3) is 3.48. The van der Waals surface area contributed by atoms with Gasteiger partial charge in [-0.05, 0) is 18.1 Å². The summed E-state index contributed by atoms with van der Waals surface area (Å²) < 4.78 is 11.2. The maximum atomic E-state index is 9.10. The lowest BCUT2D eigenvalue weighted by molar-refractivity contribution is 0.271. The van der Waals surface area contributed by atoms with E-state index in [0.29, 0.717) is 24.5 Å². The van der Waals surface area contributed by atoms with E-state index in [-0.39, 0.29) is 6.61 Å². The maximum absolute atomic E-state index is 9.10. The summed E-state index contributed by atoms with van der Waals surface area (Å²) in [7, 11) is 1.62. The normalized spacial score (nSPS) is 10.2. The summed E-state index contributed by atoms with van der Waals surface area (Å²) in [5.74, 6) is 1.41. The molecule has 0 aliphatic rings. The molecule has 2 aromatic rings. The molecule has 100 valence electrons. The standard InChI is InChI=1S/C16H18O3/c1-18-15-9-5-8-14(10-11-17)16(15)19-12-13-6-3-2-4-7-13/h2-9,17H,10-12H2,1H3. The van der Waals surface area contributed by atoms with E-state index in [2.05, 4.69) is 0 Å². The first-order chi connectivity index (χ1) is 9.35. The summed E-state index contributed by atoms with van der Waals surface area (Å²) in [6.07, 6.45) is 0.557. The third-order valence-electron chi connectivity index (χ3n) is 2.89. The molecule has 0 radical (unpaired) electrons. The quantitative estimate of drug-likeness (QED) is 0.866. The van der Waals surface area contributed by atoms with E-state index in [1.54, 1.807) is 7.11 Å². The SMILES string of the molecule is COc1cccc(CCO)c1OCc1ccccc1. The van der Waals surface area contributed by atoms with Crippen molar-refractivity contribution in [3.8, 4) is 11.5 Å². The molecule has 0 aliphatic heterocycles. The van der Waals surface area contributed by atoms with Crippen LogP contribution in [0.15, 0.2) is 48.5 Å². The molecule has 0 saturated heterocycles. The Hall–Kier alpha value is -2.00. The molecule has 0 aliphatic carbocycles. The fourth-order valence-corrected chi connectivity index (χ4v) is 1.93. The Balaban J connectivity index is 2.17. The fraction of sp³-hybridized carbons (Fsp3) is 0.250. The highest BCUT2D eigenvalue weighted by molar-refractivity contribution is 5.46. The van der Waals surface area contributed by atoms with Crippen molar-refractivity contribution in [1.82, 2.24) is 0 Å². The minimum Gasteiger partial charge on any atom is -0.493 e. The second-order valence-corrected chi connectivity index (χ2v) is 4.20. The number of ether oxygens (including phenoxy) is 2. The summed E-state index contributed by atoms with van der Waals surface area (Å²) in [6, 6.07) is 15.7. The number of rotatable bonds is 6. The van der Waals surface area contributed by atoms with Crippen molar-refractivity contribution < 1.29 is 14.6 Å². The Kier molecular flexibility index (Phi) is 4.81. The lowest BCUT2D eigenvalue weighted by atomic mass is 10.1. The van der Waals surface area contributed by atoms with Crippen LogP contribution in [0.3, 0.4) is 0 Å². The minimum atomic E-state index is 0.0921. The minimum absolute atomic E-state index is 0.0921. The van der Waals surface area contributed by atoms with Crippen molar-refractivity contribution >= 4 is 0 Å². The highest BCUT2D eigenvalue weighted by atomic mass is 16.5. The summed E-state index contributed by atoms with van der Waals surface area (Å²) in [5.41, 5.74) is 2.06. The molecular weight excluding hydrogens is 240 g/mol. The zero-order chi connectivity index (χ0) is 13.5. The van der Waals surface area contributed by atoms with Gasteiger partial charge in [0.15, 0.2) is 11.5 Å². The van der Waals surface area contributed by atoms with Crippen LogP contribution in [-0.4, -0.2) is 18.8 Å². The molecule has 0 fully saturated rings. The molecule has 0 bridgehead atoms. The van der Waals surface area contributed by atoms with Crippen molar-refractivity contribution in [2.24, 2.45) is 0 Å². The average molecular weight is 258 g/mol. The lowest BCUT2D eigenvalue weighted by Crippen LogP contribution is -2.02. The van der Waals surface area contributed by atoms with Crippen LogP contribution in [-0.2, 0) is 13.0 Å². The second-order valence-electron chi connectivity index (χ2n) is 4.20. The van der Waals surface area contributed by atoms with Crippen molar-refractivity contribution in [2.45, 2.75) is 13.0 Å². The van der Waals surface area contributed by atoms with E-state index in [1.807, 2.05) is 48.5 Å². The van der Waals surface area contributed by atoms with Crippen LogP contribution in [0.4, 0.5) is 0 Å². The Bertz CT molecular complexity index is 509. The molecule has 0 atom stereocenters. The zero-order valence-electron chi connectivity index (χ0n) is 11.0. The predicted molar refractivity (Wildman–Crippen MR) is 74.6 cm³/mol. The van der Waals surface area contributed by atoms with E-state index in [9.17, 15) is 0 Å². The zero-order valence-corrected chi connectivity index (χ0v) is 11.0. The number of hydrogen-bond acceptors (Lipinski definition) is 3. The Morgan fingerprint density at radius 1 is 1.00 bits per heavy atom. The fourth-order valence-electron chi connectivity index (χ4n) is 1.93. The number of aliphatic hydroxyl groups excluding tert-OH is 1. The average Bonchev–Trinajstić information content (AvgIpc) is 2.47. The van der Waals surface area contributed by atoms with Gasteiger partial charge in [0.25, 0.3) is 0 Å². The van der Waals surface area contributed by atoms with Gasteiger partial charge in [-0.3, -0.25) is 0 Å². The lowest BCUT2D eigenvalue weighted by Gasteiger charge is -2.14. The Morgan fingerprint density at radius 2 is 1.79 bits per heavy atom. The smallest absolute Gasteiger partial charge is 0.164 e. The molecule has 0 aromatic heterocycles. The molecule has 1 N–H and O–H groups in total. The van der Waals surface area contributed by atoms with Gasteiger partial charge < -0.3 is 14.6 Å². The number of methoxy groups -OCH3 is 1. The van der Waals surface area contributed by atoms with Crippen LogP contribution in [0, 0.1) is 0 Å². The van der Waals surface area contributed by atoms with E-state index in [1.165, 1.54) is 0 Å². The van der Waals surface area contributed by atoms with Crippen molar-refractivity contribution in [3.63, 3.8) is 0 Å².